The molecule has 2 fully saturated rings. The molecule has 0 bridgehead atoms. The Labute approximate surface area is 123 Å². The molecule has 116 valence electrons. The molecule has 1 heterocycles. The largest absolute Gasteiger partial charge is 0.396 e. The predicted octanol–water partition coefficient (Wildman–Crippen LogP) is 1.87. The highest BCUT2D eigenvalue weighted by Crippen LogP contribution is 2.24. The molecule has 4 nitrogen and oxygen atoms in total. The SMILES string of the molecule is CC(C(=O)N(C)C1CCCCC1)N1CCCC(CO)C1. The van der Waals surface area contributed by atoms with Crippen molar-refractivity contribution >= 4 is 5.91 Å². The smallest absolute Gasteiger partial charge is 0.239 e. The van der Waals surface area contributed by atoms with Gasteiger partial charge in [0.25, 0.3) is 0 Å². The molecule has 1 saturated carbocycles. The van der Waals surface area contributed by atoms with Crippen LogP contribution in [0.4, 0.5) is 0 Å². The lowest BCUT2D eigenvalue weighted by Crippen LogP contribution is -2.52. The molecule has 2 atom stereocenters. The van der Waals surface area contributed by atoms with E-state index in [0.29, 0.717) is 12.0 Å². The number of carbonyl (C=O) groups excluding carboxylic acids is 1. The Hall–Kier alpha value is -0.610. The molecule has 0 radical (unpaired) electrons. The van der Waals surface area contributed by atoms with Gasteiger partial charge in [-0.15, -0.1) is 0 Å². The van der Waals surface area contributed by atoms with E-state index in [1.807, 2.05) is 18.9 Å². The van der Waals surface area contributed by atoms with Crippen LogP contribution >= 0.6 is 0 Å². The molecule has 2 aliphatic rings. The summed E-state index contributed by atoms with van der Waals surface area (Å²) in [6.07, 6.45) is 8.34. The molecule has 2 rings (SSSR count). The van der Waals surface area contributed by atoms with Crippen molar-refractivity contribution < 1.29 is 9.90 Å². The molecular weight excluding hydrogens is 252 g/mol. The lowest BCUT2D eigenvalue weighted by molar-refractivity contribution is -0.138. The van der Waals surface area contributed by atoms with Crippen LogP contribution in [-0.4, -0.2) is 59.6 Å². The van der Waals surface area contributed by atoms with Crippen molar-refractivity contribution in [1.82, 2.24) is 9.80 Å². The van der Waals surface area contributed by atoms with Gasteiger partial charge in [-0.2, -0.15) is 0 Å². The zero-order valence-corrected chi connectivity index (χ0v) is 13.1. The molecule has 0 aromatic carbocycles. The quantitative estimate of drug-likeness (QED) is 0.856. The minimum absolute atomic E-state index is 0.0451. The first kappa shape index (κ1) is 15.8. The van der Waals surface area contributed by atoms with Crippen LogP contribution in [0.25, 0.3) is 0 Å². The number of carbonyl (C=O) groups is 1. The number of piperidine rings is 1. The number of aliphatic hydroxyl groups excluding tert-OH is 1. The van der Waals surface area contributed by atoms with Gasteiger partial charge in [-0.1, -0.05) is 19.3 Å². The zero-order chi connectivity index (χ0) is 14.5. The Balaban J connectivity index is 1.89. The van der Waals surface area contributed by atoms with Crippen molar-refractivity contribution in [2.45, 2.75) is 64.0 Å². The highest BCUT2D eigenvalue weighted by molar-refractivity contribution is 5.81. The summed E-state index contributed by atoms with van der Waals surface area (Å²) in [4.78, 5) is 16.9. The van der Waals surface area contributed by atoms with Crippen LogP contribution in [-0.2, 0) is 4.79 Å². The summed E-state index contributed by atoms with van der Waals surface area (Å²) in [5, 5.41) is 9.32. The normalized spacial score (nSPS) is 27.2. The fraction of sp³-hybridized carbons (Fsp3) is 0.938. The van der Waals surface area contributed by atoms with E-state index in [1.165, 1.54) is 19.3 Å². The Morgan fingerprint density at radius 3 is 2.60 bits per heavy atom. The van der Waals surface area contributed by atoms with Gasteiger partial charge in [0.2, 0.25) is 5.91 Å². The standard InChI is InChI=1S/C16H30N2O2/c1-13(18-10-6-7-14(11-18)12-19)16(20)17(2)15-8-4-3-5-9-15/h13-15,19H,3-12H2,1-2H3. The van der Waals surface area contributed by atoms with Gasteiger partial charge in [0, 0.05) is 26.2 Å². The number of likely N-dealkylation sites (N-methyl/N-ethyl adjacent to an activating group) is 1. The summed E-state index contributed by atoms with van der Waals surface area (Å²) in [7, 11) is 1.97. The van der Waals surface area contributed by atoms with Crippen molar-refractivity contribution in [1.29, 1.82) is 0 Å². The van der Waals surface area contributed by atoms with E-state index in [9.17, 15) is 9.90 Å². The average Bonchev–Trinajstić information content (AvgIpc) is 2.53. The summed E-state index contributed by atoms with van der Waals surface area (Å²) in [6.45, 7) is 4.13. The van der Waals surface area contributed by atoms with Gasteiger partial charge >= 0.3 is 0 Å². The number of rotatable bonds is 4. The first-order valence-corrected chi connectivity index (χ1v) is 8.25. The van der Waals surface area contributed by atoms with Crippen LogP contribution in [0.15, 0.2) is 0 Å². The minimum Gasteiger partial charge on any atom is -0.396 e. The van der Waals surface area contributed by atoms with E-state index >= 15 is 0 Å². The number of hydrogen-bond donors (Lipinski definition) is 1. The molecule has 0 spiro atoms. The Morgan fingerprint density at radius 2 is 1.95 bits per heavy atom. The fourth-order valence-corrected chi connectivity index (χ4v) is 3.70. The second-order valence-electron chi connectivity index (χ2n) is 6.60. The lowest BCUT2D eigenvalue weighted by atomic mass is 9.93. The maximum atomic E-state index is 12.7. The Kier molecular flexibility index (Phi) is 5.85. The molecule has 1 saturated heterocycles. The van der Waals surface area contributed by atoms with Crippen LogP contribution in [0.2, 0.25) is 0 Å². The van der Waals surface area contributed by atoms with Gasteiger partial charge in [-0.05, 0) is 45.1 Å². The van der Waals surface area contributed by atoms with Crippen LogP contribution in [0.5, 0.6) is 0 Å². The third-order valence-corrected chi connectivity index (χ3v) is 5.18. The molecule has 0 aromatic rings. The van der Waals surface area contributed by atoms with Crippen LogP contribution in [0.1, 0.15) is 51.9 Å². The second-order valence-corrected chi connectivity index (χ2v) is 6.60. The monoisotopic (exact) mass is 282 g/mol. The molecule has 1 N–H and O–H groups in total. The lowest BCUT2D eigenvalue weighted by Gasteiger charge is -2.39. The molecule has 1 amide bonds. The molecule has 4 heteroatoms. The van der Waals surface area contributed by atoms with E-state index in [4.69, 9.17) is 0 Å². The van der Waals surface area contributed by atoms with Crippen LogP contribution < -0.4 is 0 Å². The minimum atomic E-state index is -0.0451. The van der Waals surface area contributed by atoms with Gasteiger partial charge in [0.05, 0.1) is 6.04 Å². The van der Waals surface area contributed by atoms with E-state index in [0.717, 1.165) is 38.8 Å². The number of nitrogens with zero attached hydrogens (tertiary/aromatic N) is 2. The van der Waals surface area contributed by atoms with E-state index in [-0.39, 0.29) is 18.6 Å². The Morgan fingerprint density at radius 1 is 1.25 bits per heavy atom. The van der Waals surface area contributed by atoms with Gasteiger partial charge in [0.1, 0.15) is 0 Å². The molecule has 20 heavy (non-hydrogen) atoms. The topological polar surface area (TPSA) is 43.8 Å². The summed E-state index contributed by atoms with van der Waals surface area (Å²) in [5.41, 5.74) is 0. The number of amides is 1. The van der Waals surface area contributed by atoms with Crippen molar-refractivity contribution in [3.05, 3.63) is 0 Å². The molecule has 2 unspecified atom stereocenters. The maximum absolute atomic E-state index is 12.7. The van der Waals surface area contributed by atoms with Gasteiger partial charge < -0.3 is 10.0 Å². The van der Waals surface area contributed by atoms with Crippen LogP contribution in [0.3, 0.4) is 0 Å². The van der Waals surface area contributed by atoms with Crippen LogP contribution in [0, 0.1) is 5.92 Å². The third-order valence-electron chi connectivity index (χ3n) is 5.18. The average molecular weight is 282 g/mol. The molecule has 1 aliphatic heterocycles. The third kappa shape index (κ3) is 3.73. The van der Waals surface area contributed by atoms with E-state index in [1.54, 1.807) is 0 Å². The maximum Gasteiger partial charge on any atom is 0.239 e. The van der Waals surface area contributed by atoms with E-state index < -0.39 is 0 Å². The molecule has 0 aromatic heterocycles. The zero-order valence-electron chi connectivity index (χ0n) is 13.1. The van der Waals surface area contributed by atoms with Crippen molar-refractivity contribution in [3.63, 3.8) is 0 Å². The van der Waals surface area contributed by atoms with E-state index in [2.05, 4.69) is 4.90 Å². The highest BCUT2D eigenvalue weighted by atomic mass is 16.3. The van der Waals surface area contributed by atoms with Gasteiger partial charge in [-0.25, -0.2) is 0 Å². The number of likely N-dealkylation sites (tertiary alicyclic amines) is 1. The summed E-state index contributed by atoms with van der Waals surface area (Å²) in [5.74, 6) is 0.606. The van der Waals surface area contributed by atoms with Crippen molar-refractivity contribution in [2.75, 3.05) is 26.7 Å². The number of aliphatic hydroxyl groups is 1. The summed E-state index contributed by atoms with van der Waals surface area (Å²) in [6, 6.07) is 0.397. The summed E-state index contributed by atoms with van der Waals surface area (Å²) >= 11 is 0. The Bertz CT molecular complexity index is 316. The molecular formula is C16H30N2O2. The first-order chi connectivity index (χ1) is 9.63. The van der Waals surface area contributed by atoms with Crippen molar-refractivity contribution in [3.8, 4) is 0 Å². The fourth-order valence-electron chi connectivity index (χ4n) is 3.70. The molecule has 1 aliphatic carbocycles. The van der Waals surface area contributed by atoms with Gasteiger partial charge in [-0.3, -0.25) is 9.69 Å². The first-order valence-electron chi connectivity index (χ1n) is 8.25. The van der Waals surface area contributed by atoms with Gasteiger partial charge in [0.15, 0.2) is 0 Å². The second kappa shape index (κ2) is 7.41. The van der Waals surface area contributed by atoms with Crippen molar-refractivity contribution in [2.24, 2.45) is 5.92 Å². The predicted molar refractivity (Wildman–Crippen MR) is 80.5 cm³/mol. The number of hydrogen-bond acceptors (Lipinski definition) is 3. The highest BCUT2D eigenvalue weighted by Gasteiger charge is 2.31. The summed E-state index contributed by atoms with van der Waals surface area (Å²) < 4.78 is 0.